The van der Waals surface area contributed by atoms with Crippen molar-refractivity contribution in [2.75, 3.05) is 7.05 Å². The fourth-order valence-electron chi connectivity index (χ4n) is 2.64. The number of carbonyl (C=O) groups excluding carboxylic acids is 1. The molecule has 5 heteroatoms. The number of carbonyl (C=O) groups is 1. The van der Waals surface area contributed by atoms with E-state index < -0.39 is 0 Å². The van der Waals surface area contributed by atoms with Crippen molar-refractivity contribution in [2.45, 2.75) is 12.6 Å². The van der Waals surface area contributed by atoms with Crippen molar-refractivity contribution < 1.29 is 4.79 Å². The van der Waals surface area contributed by atoms with E-state index in [2.05, 4.69) is 22.4 Å². The monoisotopic (exact) mass is 320 g/mol. The summed E-state index contributed by atoms with van der Waals surface area (Å²) in [6.07, 6.45) is 9.60. The van der Waals surface area contributed by atoms with Crippen LogP contribution >= 0.6 is 23.2 Å². The van der Waals surface area contributed by atoms with Gasteiger partial charge in [0.15, 0.2) is 6.29 Å². The number of fused-ring (bicyclic) bond motifs is 1. The van der Waals surface area contributed by atoms with E-state index in [-0.39, 0.29) is 6.17 Å². The summed E-state index contributed by atoms with van der Waals surface area (Å²) in [6, 6.07) is 3.36. The van der Waals surface area contributed by atoms with E-state index in [0.717, 1.165) is 17.5 Å². The van der Waals surface area contributed by atoms with E-state index in [4.69, 9.17) is 23.2 Å². The molecular weight excluding hydrogens is 307 g/mol. The zero-order chi connectivity index (χ0) is 15.0. The average molecular weight is 321 g/mol. The summed E-state index contributed by atoms with van der Waals surface area (Å²) in [5, 5.41) is 4.31. The van der Waals surface area contributed by atoms with Gasteiger partial charge in [-0.05, 0) is 41.6 Å². The lowest BCUT2D eigenvalue weighted by Crippen LogP contribution is -2.38. The zero-order valence-electron chi connectivity index (χ0n) is 11.4. The SMILES string of the molecule is CN1C(Cc2c(Cl)ccc(C=O)c2Cl)=CC2=CC=CNC21. The molecule has 0 aromatic heterocycles. The summed E-state index contributed by atoms with van der Waals surface area (Å²) in [5.74, 6) is 0. The number of likely N-dealkylation sites (N-methyl/N-ethyl adjacent to an activating group) is 1. The third kappa shape index (κ3) is 2.47. The Labute approximate surface area is 133 Å². The lowest BCUT2D eigenvalue weighted by molar-refractivity contribution is 0.112. The van der Waals surface area contributed by atoms with Crippen LogP contribution in [-0.4, -0.2) is 24.4 Å². The van der Waals surface area contributed by atoms with Gasteiger partial charge in [0, 0.05) is 29.8 Å². The molecule has 3 rings (SSSR count). The number of dihydropyridines is 1. The molecule has 2 aliphatic heterocycles. The Hall–Kier alpha value is -1.71. The molecule has 0 bridgehead atoms. The summed E-state index contributed by atoms with van der Waals surface area (Å²) in [4.78, 5) is 13.2. The number of aldehydes is 1. The largest absolute Gasteiger partial charge is 0.368 e. The molecule has 1 aromatic rings. The minimum atomic E-state index is 0.150. The molecule has 0 saturated carbocycles. The first-order chi connectivity index (χ1) is 10.1. The predicted molar refractivity (Wildman–Crippen MR) is 85.5 cm³/mol. The van der Waals surface area contributed by atoms with Crippen molar-refractivity contribution in [3.63, 3.8) is 0 Å². The number of rotatable bonds is 3. The van der Waals surface area contributed by atoms with Crippen molar-refractivity contribution in [1.82, 2.24) is 10.2 Å². The van der Waals surface area contributed by atoms with Crippen molar-refractivity contribution in [3.8, 4) is 0 Å². The molecule has 2 aliphatic rings. The van der Waals surface area contributed by atoms with E-state index in [0.29, 0.717) is 22.0 Å². The summed E-state index contributed by atoms with van der Waals surface area (Å²) in [6.45, 7) is 0. The number of nitrogens with zero attached hydrogens (tertiary/aromatic N) is 1. The van der Waals surface area contributed by atoms with Crippen molar-refractivity contribution in [1.29, 1.82) is 0 Å². The van der Waals surface area contributed by atoms with Crippen molar-refractivity contribution in [3.05, 3.63) is 69.0 Å². The maximum Gasteiger partial charge on any atom is 0.151 e. The topological polar surface area (TPSA) is 32.3 Å². The quantitative estimate of drug-likeness (QED) is 0.864. The third-order valence-electron chi connectivity index (χ3n) is 3.83. The second-order valence-electron chi connectivity index (χ2n) is 5.07. The minimum absolute atomic E-state index is 0.150. The van der Waals surface area contributed by atoms with Gasteiger partial charge in [-0.2, -0.15) is 0 Å². The standard InChI is InChI=1S/C16H14Cl2N2O/c1-20-12(7-10-3-2-6-19-16(10)20)8-13-14(17)5-4-11(9-21)15(13)18/h2-7,9,16,19H,8H2,1H3. The number of nitrogens with one attached hydrogen (secondary N) is 1. The van der Waals surface area contributed by atoms with Crippen LogP contribution < -0.4 is 5.32 Å². The molecule has 0 fully saturated rings. The normalized spacial score (nSPS) is 19.8. The first-order valence-electron chi connectivity index (χ1n) is 6.60. The molecule has 0 amide bonds. The molecule has 21 heavy (non-hydrogen) atoms. The average Bonchev–Trinajstić information content (AvgIpc) is 2.80. The minimum Gasteiger partial charge on any atom is -0.368 e. The Morgan fingerprint density at radius 3 is 2.90 bits per heavy atom. The molecule has 1 aromatic carbocycles. The van der Waals surface area contributed by atoms with E-state index in [1.807, 2.05) is 19.3 Å². The lowest BCUT2D eigenvalue weighted by atomic mass is 10.1. The van der Waals surface area contributed by atoms with E-state index in [1.54, 1.807) is 12.1 Å². The lowest BCUT2D eigenvalue weighted by Gasteiger charge is -2.28. The number of hydrogen-bond acceptors (Lipinski definition) is 3. The van der Waals surface area contributed by atoms with Gasteiger partial charge in [0.25, 0.3) is 0 Å². The Bertz CT molecular complexity index is 692. The fourth-order valence-corrected chi connectivity index (χ4v) is 3.19. The van der Waals surface area contributed by atoms with Crippen LogP contribution in [0.3, 0.4) is 0 Å². The van der Waals surface area contributed by atoms with Gasteiger partial charge in [0.2, 0.25) is 0 Å². The molecule has 1 atom stereocenters. The molecule has 0 radical (unpaired) electrons. The summed E-state index contributed by atoms with van der Waals surface area (Å²) in [5.41, 5.74) is 3.56. The second kappa shape index (κ2) is 5.58. The number of benzene rings is 1. The van der Waals surface area contributed by atoms with Gasteiger partial charge in [0.05, 0.1) is 5.02 Å². The van der Waals surface area contributed by atoms with E-state index in [1.165, 1.54) is 5.57 Å². The van der Waals surface area contributed by atoms with Crippen LogP contribution in [0.15, 0.2) is 47.8 Å². The Kier molecular flexibility index (Phi) is 3.79. The Morgan fingerprint density at radius 2 is 2.19 bits per heavy atom. The van der Waals surface area contributed by atoms with Gasteiger partial charge in [0.1, 0.15) is 6.17 Å². The first kappa shape index (κ1) is 14.2. The zero-order valence-corrected chi connectivity index (χ0v) is 12.9. The summed E-state index contributed by atoms with van der Waals surface area (Å²) >= 11 is 12.5. The highest BCUT2D eigenvalue weighted by atomic mass is 35.5. The smallest absolute Gasteiger partial charge is 0.151 e. The van der Waals surface area contributed by atoms with Gasteiger partial charge in [-0.1, -0.05) is 29.3 Å². The van der Waals surface area contributed by atoms with Gasteiger partial charge in [-0.3, -0.25) is 4.79 Å². The fraction of sp³-hybridized carbons (Fsp3) is 0.188. The predicted octanol–water partition coefficient (Wildman–Crippen LogP) is 3.55. The van der Waals surface area contributed by atoms with Gasteiger partial charge in [-0.15, -0.1) is 0 Å². The highest BCUT2D eigenvalue weighted by molar-refractivity contribution is 6.37. The van der Waals surface area contributed by atoms with Crippen molar-refractivity contribution >= 4 is 29.5 Å². The molecule has 1 N–H and O–H groups in total. The van der Waals surface area contributed by atoms with E-state index >= 15 is 0 Å². The molecule has 0 spiro atoms. The van der Waals surface area contributed by atoms with Crippen LogP contribution in [0, 0.1) is 0 Å². The molecule has 0 aliphatic carbocycles. The summed E-state index contributed by atoms with van der Waals surface area (Å²) in [7, 11) is 2.02. The molecule has 108 valence electrons. The molecule has 0 saturated heterocycles. The number of halogens is 2. The van der Waals surface area contributed by atoms with Crippen LogP contribution in [0.1, 0.15) is 15.9 Å². The number of hydrogen-bond donors (Lipinski definition) is 1. The van der Waals surface area contributed by atoms with Gasteiger partial charge >= 0.3 is 0 Å². The molecule has 1 unspecified atom stereocenters. The summed E-state index contributed by atoms with van der Waals surface area (Å²) < 4.78 is 0. The van der Waals surface area contributed by atoms with Crippen LogP contribution in [0.25, 0.3) is 0 Å². The maximum atomic E-state index is 11.0. The highest BCUT2D eigenvalue weighted by Crippen LogP contribution is 2.33. The highest BCUT2D eigenvalue weighted by Gasteiger charge is 2.28. The van der Waals surface area contributed by atoms with Crippen LogP contribution in [0.4, 0.5) is 0 Å². The van der Waals surface area contributed by atoms with Gasteiger partial charge < -0.3 is 10.2 Å². The van der Waals surface area contributed by atoms with Crippen LogP contribution in [-0.2, 0) is 6.42 Å². The third-order valence-corrected chi connectivity index (χ3v) is 4.63. The van der Waals surface area contributed by atoms with E-state index in [9.17, 15) is 4.79 Å². The first-order valence-corrected chi connectivity index (χ1v) is 7.35. The van der Waals surface area contributed by atoms with Gasteiger partial charge in [-0.25, -0.2) is 0 Å². The molecular formula is C16H14Cl2N2O. The van der Waals surface area contributed by atoms with Crippen LogP contribution in [0.2, 0.25) is 10.0 Å². The molecule has 2 heterocycles. The van der Waals surface area contributed by atoms with Crippen LogP contribution in [0.5, 0.6) is 0 Å². The Balaban J connectivity index is 1.95. The maximum absolute atomic E-state index is 11.0. The second-order valence-corrected chi connectivity index (χ2v) is 5.85. The Morgan fingerprint density at radius 1 is 1.38 bits per heavy atom. The number of allylic oxidation sites excluding steroid dienone is 3. The molecule has 3 nitrogen and oxygen atoms in total. The van der Waals surface area contributed by atoms with Crippen molar-refractivity contribution in [2.24, 2.45) is 0 Å².